The number of fused-ring (bicyclic) bond motifs is 2. The predicted molar refractivity (Wildman–Crippen MR) is 146 cm³/mol. The van der Waals surface area contributed by atoms with Crippen LogP contribution < -0.4 is 10.1 Å². The maximum absolute atomic E-state index is 13.0. The Labute approximate surface area is 228 Å². The maximum atomic E-state index is 13.0. The lowest BCUT2D eigenvalue weighted by Gasteiger charge is -2.47. The lowest BCUT2D eigenvalue weighted by molar-refractivity contribution is 0.0175. The molecule has 7 nitrogen and oxygen atoms in total. The number of ether oxygens (including phenoxy) is 2. The lowest BCUT2D eigenvalue weighted by Crippen LogP contribution is -2.54. The molecule has 1 amide bonds. The van der Waals surface area contributed by atoms with Gasteiger partial charge in [-0.2, -0.15) is 0 Å². The van der Waals surface area contributed by atoms with Crippen LogP contribution in [0.3, 0.4) is 0 Å². The number of nitrogens with one attached hydrogen (secondary N) is 1. The van der Waals surface area contributed by atoms with E-state index in [2.05, 4.69) is 16.3 Å². The summed E-state index contributed by atoms with van der Waals surface area (Å²) in [6, 6.07) is 11.0. The molecule has 5 rings (SSSR count). The molecule has 3 aliphatic heterocycles. The summed E-state index contributed by atoms with van der Waals surface area (Å²) in [6.45, 7) is 4.66. The van der Waals surface area contributed by atoms with Crippen molar-refractivity contribution in [2.75, 3.05) is 39.3 Å². The Morgan fingerprint density at radius 3 is 2.84 bits per heavy atom. The molecule has 200 valence electrons. The van der Waals surface area contributed by atoms with E-state index in [0.29, 0.717) is 24.3 Å². The minimum atomic E-state index is -2.95. The van der Waals surface area contributed by atoms with Gasteiger partial charge in [-0.25, -0.2) is 4.79 Å². The molecule has 1 spiro atoms. The first kappa shape index (κ1) is 20.3. The SMILES string of the molecule is [2H]C([2H])([2H])C([2H])([2H])Oc1ccccc1-c1ccc2c(n1)CN(C[C@H]1CCCN1C(=O)OC(C)(C)C)CC21CCNCC1. The topological polar surface area (TPSA) is 66.9 Å². The van der Waals surface area contributed by atoms with Crippen molar-refractivity contribution in [3.63, 3.8) is 0 Å². The summed E-state index contributed by atoms with van der Waals surface area (Å²) in [5.41, 5.74) is 2.72. The molecule has 1 atom stereocenters. The fourth-order valence-corrected chi connectivity index (χ4v) is 6.20. The van der Waals surface area contributed by atoms with Crippen LogP contribution in [0.15, 0.2) is 36.4 Å². The van der Waals surface area contributed by atoms with Gasteiger partial charge in [0.25, 0.3) is 0 Å². The van der Waals surface area contributed by atoms with Crippen LogP contribution in [0.25, 0.3) is 11.3 Å². The van der Waals surface area contributed by atoms with Crippen LogP contribution in [0.2, 0.25) is 0 Å². The second-order valence-corrected chi connectivity index (χ2v) is 11.6. The molecule has 0 aliphatic carbocycles. The van der Waals surface area contributed by atoms with Gasteiger partial charge in [-0.3, -0.25) is 9.88 Å². The molecule has 1 aromatic carbocycles. The summed E-state index contributed by atoms with van der Waals surface area (Å²) >= 11 is 0. The van der Waals surface area contributed by atoms with E-state index in [-0.39, 0.29) is 23.3 Å². The summed E-state index contributed by atoms with van der Waals surface area (Å²) < 4.78 is 49.8. The number of para-hydroxylation sites is 1. The number of benzene rings is 1. The highest BCUT2D eigenvalue weighted by molar-refractivity contribution is 5.69. The van der Waals surface area contributed by atoms with Crippen molar-refractivity contribution in [3.8, 4) is 17.0 Å². The lowest BCUT2D eigenvalue weighted by atomic mass is 9.70. The number of likely N-dealkylation sites (tertiary alicyclic amines) is 1. The molecule has 37 heavy (non-hydrogen) atoms. The number of carbonyl (C=O) groups is 1. The molecule has 1 N–H and O–H groups in total. The Kier molecular flexibility index (Phi) is 5.84. The van der Waals surface area contributed by atoms with Gasteiger partial charge in [0.05, 0.1) is 20.7 Å². The van der Waals surface area contributed by atoms with E-state index in [1.54, 1.807) is 24.3 Å². The van der Waals surface area contributed by atoms with Crippen LogP contribution in [0.4, 0.5) is 4.79 Å². The molecular weight excluding hydrogens is 464 g/mol. The van der Waals surface area contributed by atoms with E-state index in [1.165, 1.54) is 5.56 Å². The van der Waals surface area contributed by atoms with Gasteiger partial charge >= 0.3 is 6.09 Å². The quantitative estimate of drug-likeness (QED) is 0.611. The van der Waals surface area contributed by atoms with Crippen LogP contribution in [0.1, 0.15) is 71.4 Å². The van der Waals surface area contributed by atoms with Crippen LogP contribution in [-0.4, -0.2) is 71.8 Å². The van der Waals surface area contributed by atoms with Crippen molar-refractivity contribution in [1.29, 1.82) is 0 Å². The average molecular weight is 512 g/mol. The summed E-state index contributed by atoms with van der Waals surface area (Å²) in [5.74, 6) is 0.134. The van der Waals surface area contributed by atoms with Crippen molar-refractivity contribution in [2.24, 2.45) is 0 Å². The Hall–Kier alpha value is -2.64. The first-order valence-electron chi connectivity index (χ1n) is 15.9. The van der Waals surface area contributed by atoms with Crippen molar-refractivity contribution in [1.82, 2.24) is 20.1 Å². The third kappa shape index (κ3) is 5.63. The molecule has 2 aromatic rings. The van der Waals surface area contributed by atoms with Crippen molar-refractivity contribution in [2.45, 2.75) is 76.9 Å². The Morgan fingerprint density at radius 1 is 1.24 bits per heavy atom. The number of piperidine rings is 1. The highest BCUT2D eigenvalue weighted by atomic mass is 16.6. The second kappa shape index (κ2) is 10.6. The van der Waals surface area contributed by atoms with Gasteiger partial charge in [-0.15, -0.1) is 0 Å². The van der Waals surface area contributed by atoms with E-state index in [1.807, 2.05) is 31.7 Å². The molecule has 2 fully saturated rings. The zero-order valence-electron chi connectivity index (χ0n) is 27.2. The van der Waals surface area contributed by atoms with E-state index in [4.69, 9.17) is 21.3 Å². The number of nitrogens with zero attached hydrogens (tertiary/aromatic N) is 3. The molecule has 0 radical (unpaired) electrons. The fourth-order valence-electron chi connectivity index (χ4n) is 6.20. The van der Waals surface area contributed by atoms with Gasteiger partial charge in [-0.05, 0) is 90.2 Å². The highest BCUT2D eigenvalue weighted by Gasteiger charge is 2.43. The smallest absolute Gasteiger partial charge is 0.410 e. The number of hydrogen-bond donors (Lipinski definition) is 1. The van der Waals surface area contributed by atoms with Gasteiger partial charge in [0.2, 0.25) is 0 Å². The third-order valence-electron chi connectivity index (χ3n) is 7.80. The van der Waals surface area contributed by atoms with Crippen LogP contribution in [-0.2, 0) is 16.7 Å². The van der Waals surface area contributed by atoms with Gasteiger partial charge in [0.1, 0.15) is 11.4 Å². The molecule has 0 saturated carbocycles. The summed E-state index contributed by atoms with van der Waals surface area (Å²) in [5, 5.41) is 3.49. The second-order valence-electron chi connectivity index (χ2n) is 11.6. The first-order valence-corrected chi connectivity index (χ1v) is 13.4. The number of carbonyl (C=O) groups excluding carboxylic acids is 1. The molecule has 0 unspecified atom stereocenters. The minimum Gasteiger partial charge on any atom is -0.493 e. The van der Waals surface area contributed by atoms with Crippen molar-refractivity contribution in [3.05, 3.63) is 47.7 Å². The van der Waals surface area contributed by atoms with Crippen LogP contribution in [0, 0.1) is 0 Å². The Balaban J connectivity index is 1.44. The number of rotatable bonds is 5. The Morgan fingerprint density at radius 2 is 2.05 bits per heavy atom. The normalized spacial score (nSPS) is 24.4. The summed E-state index contributed by atoms with van der Waals surface area (Å²) in [7, 11) is 0. The highest BCUT2D eigenvalue weighted by Crippen LogP contribution is 2.42. The third-order valence-corrected chi connectivity index (χ3v) is 7.80. The number of pyridine rings is 1. The van der Waals surface area contributed by atoms with Gasteiger partial charge < -0.3 is 19.7 Å². The average Bonchev–Trinajstić information content (AvgIpc) is 3.36. The largest absolute Gasteiger partial charge is 0.493 e. The van der Waals surface area contributed by atoms with Gasteiger partial charge in [0.15, 0.2) is 0 Å². The van der Waals surface area contributed by atoms with E-state index in [9.17, 15) is 4.79 Å². The van der Waals surface area contributed by atoms with Gasteiger partial charge in [-0.1, -0.05) is 18.2 Å². The van der Waals surface area contributed by atoms with Crippen molar-refractivity contribution >= 4 is 6.09 Å². The van der Waals surface area contributed by atoms with E-state index in [0.717, 1.165) is 57.6 Å². The molecular formula is C30H42N4O3. The summed E-state index contributed by atoms with van der Waals surface area (Å²) in [6.07, 6.45) is 3.59. The van der Waals surface area contributed by atoms with Crippen LogP contribution in [0.5, 0.6) is 5.75 Å². The molecule has 2 saturated heterocycles. The Bertz CT molecular complexity index is 1290. The fraction of sp³-hybridized carbons (Fsp3) is 0.600. The van der Waals surface area contributed by atoms with E-state index >= 15 is 0 Å². The monoisotopic (exact) mass is 511 g/mol. The standard InChI is InChI=1S/C30H42N4O3/c1-5-36-27-11-7-6-10-23(27)25-13-12-24-26(32-25)20-33(21-30(24)14-16-31-17-15-30)19-22-9-8-18-34(22)28(35)37-29(2,3)4/h6-7,10-13,22,31H,5,8-9,14-21H2,1-4H3/t22-/m1/s1/i1D3,5D2. The number of amides is 1. The van der Waals surface area contributed by atoms with Gasteiger partial charge in [0, 0.05) is 47.3 Å². The minimum absolute atomic E-state index is 0.0610. The molecule has 7 heteroatoms. The first-order chi connectivity index (χ1) is 19.7. The molecule has 1 aromatic heterocycles. The zero-order chi connectivity index (χ0) is 30.3. The van der Waals surface area contributed by atoms with Crippen molar-refractivity contribution < 1.29 is 21.1 Å². The number of hydrogen-bond acceptors (Lipinski definition) is 6. The predicted octanol–water partition coefficient (Wildman–Crippen LogP) is 4.98. The van der Waals surface area contributed by atoms with Crippen LogP contribution >= 0.6 is 0 Å². The molecule has 3 aliphatic rings. The molecule has 0 bridgehead atoms. The molecule has 4 heterocycles. The van der Waals surface area contributed by atoms with E-state index < -0.39 is 19.0 Å². The zero-order valence-corrected chi connectivity index (χ0v) is 22.2. The summed E-state index contributed by atoms with van der Waals surface area (Å²) in [4.78, 5) is 22.4. The number of aromatic nitrogens is 1. The maximum Gasteiger partial charge on any atom is 0.410 e.